The first kappa shape index (κ1) is 22.0. The van der Waals surface area contributed by atoms with Crippen molar-refractivity contribution in [1.29, 1.82) is 5.26 Å². The van der Waals surface area contributed by atoms with Crippen LogP contribution in [0.3, 0.4) is 0 Å². The quantitative estimate of drug-likeness (QED) is 0.304. The number of nitrogens with two attached hydrogens (primary N) is 1. The van der Waals surface area contributed by atoms with Crippen LogP contribution < -0.4 is 19.9 Å². The first-order valence-corrected chi connectivity index (χ1v) is 10.4. The van der Waals surface area contributed by atoms with Crippen LogP contribution in [0.1, 0.15) is 27.4 Å². The molecule has 0 bridgehead atoms. The fourth-order valence-corrected chi connectivity index (χ4v) is 3.76. The smallest absolute Gasteiger partial charge is 0.345 e. The number of hydrogen-bond donors (Lipinski definition) is 1. The van der Waals surface area contributed by atoms with Crippen LogP contribution in [0.15, 0.2) is 90.8 Å². The van der Waals surface area contributed by atoms with Crippen LogP contribution in [-0.4, -0.2) is 12.6 Å². The van der Waals surface area contributed by atoms with Gasteiger partial charge in [0.15, 0.2) is 0 Å². The van der Waals surface area contributed by atoms with Gasteiger partial charge >= 0.3 is 5.97 Å². The number of fused-ring (bicyclic) bond motifs is 1. The number of esters is 1. The number of rotatable bonds is 6. The average molecular weight is 459 g/mol. The number of carbonyl (C=O) groups is 1. The Morgan fingerprint density at radius 1 is 1.15 bits per heavy atom. The zero-order valence-corrected chi connectivity index (χ0v) is 18.2. The van der Waals surface area contributed by atoms with Gasteiger partial charge in [0.05, 0.1) is 16.5 Å². The van der Waals surface area contributed by atoms with Crippen LogP contribution >= 0.6 is 11.6 Å². The molecule has 2 N–H and O–H groups in total. The Kier molecular flexibility index (Phi) is 6.34. The summed E-state index contributed by atoms with van der Waals surface area (Å²) < 4.78 is 16.7. The molecule has 0 aliphatic carbocycles. The number of allylic oxidation sites excluding steroid dienone is 1. The molecular weight excluding hydrogens is 440 g/mol. The zero-order chi connectivity index (χ0) is 23.4. The molecule has 4 rings (SSSR count). The molecular formula is C26H19ClN2O4. The van der Waals surface area contributed by atoms with E-state index in [0.29, 0.717) is 28.7 Å². The summed E-state index contributed by atoms with van der Waals surface area (Å²) in [6.45, 7) is 4.03. The summed E-state index contributed by atoms with van der Waals surface area (Å²) in [7, 11) is 0. The summed E-state index contributed by atoms with van der Waals surface area (Å²) in [5.74, 6) is 0.302. The molecule has 1 unspecified atom stereocenters. The van der Waals surface area contributed by atoms with Gasteiger partial charge in [0, 0.05) is 11.6 Å². The molecule has 1 heterocycles. The third kappa shape index (κ3) is 4.54. The fourth-order valence-electron chi connectivity index (χ4n) is 3.54. The molecule has 1 aliphatic heterocycles. The highest BCUT2D eigenvalue weighted by atomic mass is 35.5. The van der Waals surface area contributed by atoms with Crippen molar-refractivity contribution in [3.8, 4) is 23.3 Å². The molecule has 1 atom stereocenters. The van der Waals surface area contributed by atoms with Crippen molar-refractivity contribution in [3.05, 3.63) is 113 Å². The average Bonchev–Trinajstić information content (AvgIpc) is 2.82. The second-order valence-corrected chi connectivity index (χ2v) is 7.57. The molecule has 0 spiro atoms. The molecule has 0 aromatic heterocycles. The number of nitriles is 1. The SMILES string of the molecule is C=CCOc1ccc(C2C(C#N)=C(N)Oc3cc(OC(=O)c4ccccc4Cl)ccc32)cc1. The van der Waals surface area contributed by atoms with Crippen molar-refractivity contribution in [2.75, 3.05) is 6.61 Å². The Morgan fingerprint density at radius 2 is 1.88 bits per heavy atom. The summed E-state index contributed by atoms with van der Waals surface area (Å²) in [6.07, 6.45) is 1.66. The zero-order valence-electron chi connectivity index (χ0n) is 17.5. The Morgan fingerprint density at radius 3 is 2.58 bits per heavy atom. The third-order valence-corrected chi connectivity index (χ3v) is 5.41. The number of ether oxygens (including phenoxy) is 3. The number of hydrogen-bond acceptors (Lipinski definition) is 6. The molecule has 33 heavy (non-hydrogen) atoms. The van der Waals surface area contributed by atoms with E-state index in [-0.39, 0.29) is 17.2 Å². The van der Waals surface area contributed by atoms with Gasteiger partial charge in [-0.25, -0.2) is 4.79 Å². The van der Waals surface area contributed by atoms with Crippen LogP contribution in [-0.2, 0) is 0 Å². The van der Waals surface area contributed by atoms with Gasteiger partial charge in [-0.2, -0.15) is 5.26 Å². The van der Waals surface area contributed by atoms with Gasteiger partial charge in [0.2, 0.25) is 5.88 Å². The number of benzene rings is 3. The number of nitrogens with zero attached hydrogens (tertiary/aromatic N) is 1. The maximum atomic E-state index is 12.5. The Labute approximate surface area is 196 Å². The molecule has 6 nitrogen and oxygen atoms in total. The lowest BCUT2D eigenvalue weighted by atomic mass is 9.83. The van der Waals surface area contributed by atoms with Crippen molar-refractivity contribution >= 4 is 17.6 Å². The molecule has 0 saturated heterocycles. The fraction of sp³-hybridized carbons (Fsp3) is 0.0769. The van der Waals surface area contributed by atoms with Crippen molar-refractivity contribution in [2.45, 2.75) is 5.92 Å². The van der Waals surface area contributed by atoms with E-state index in [1.54, 1.807) is 48.5 Å². The van der Waals surface area contributed by atoms with Crippen molar-refractivity contribution in [1.82, 2.24) is 0 Å². The van der Waals surface area contributed by atoms with Crippen LogP contribution in [0, 0.1) is 11.3 Å². The molecule has 0 saturated carbocycles. The Bertz CT molecular complexity index is 1290. The van der Waals surface area contributed by atoms with Gasteiger partial charge in [-0.05, 0) is 35.9 Å². The summed E-state index contributed by atoms with van der Waals surface area (Å²) in [5, 5.41) is 10.0. The van der Waals surface area contributed by atoms with E-state index in [2.05, 4.69) is 12.6 Å². The lowest BCUT2D eigenvalue weighted by Crippen LogP contribution is -2.21. The molecule has 164 valence electrons. The molecule has 0 radical (unpaired) electrons. The van der Waals surface area contributed by atoms with Crippen LogP contribution in [0.25, 0.3) is 0 Å². The first-order chi connectivity index (χ1) is 16.0. The summed E-state index contributed by atoms with van der Waals surface area (Å²) >= 11 is 6.09. The molecule has 0 amide bonds. The minimum atomic E-state index is -0.593. The van der Waals surface area contributed by atoms with Crippen molar-refractivity contribution in [3.63, 3.8) is 0 Å². The maximum Gasteiger partial charge on any atom is 0.345 e. The predicted molar refractivity (Wildman–Crippen MR) is 124 cm³/mol. The molecule has 0 fully saturated rings. The second-order valence-electron chi connectivity index (χ2n) is 7.16. The molecule has 7 heteroatoms. The van der Waals surface area contributed by atoms with E-state index in [1.807, 2.05) is 24.3 Å². The molecule has 3 aromatic rings. The molecule has 3 aromatic carbocycles. The highest BCUT2D eigenvalue weighted by molar-refractivity contribution is 6.33. The van der Waals surface area contributed by atoms with E-state index in [1.165, 1.54) is 0 Å². The van der Waals surface area contributed by atoms with E-state index < -0.39 is 11.9 Å². The van der Waals surface area contributed by atoms with Gasteiger partial charge in [0.1, 0.15) is 35.5 Å². The maximum absolute atomic E-state index is 12.5. The standard InChI is InChI=1S/C26H19ClN2O4/c1-2-13-31-17-9-7-16(8-10-17)24-20-12-11-18(14-23(20)33-25(29)21(24)15-28)32-26(30)19-5-3-4-6-22(19)27/h2-12,14,24H,1,13,29H2. The lowest BCUT2D eigenvalue weighted by Gasteiger charge is -2.26. The Hall–Kier alpha value is -4.21. The normalized spacial score (nSPS) is 14.5. The van der Waals surface area contributed by atoms with Gasteiger partial charge < -0.3 is 19.9 Å². The highest BCUT2D eigenvalue weighted by Crippen LogP contribution is 2.43. The minimum Gasteiger partial charge on any atom is -0.490 e. The third-order valence-electron chi connectivity index (χ3n) is 5.08. The van der Waals surface area contributed by atoms with Gasteiger partial charge in [-0.15, -0.1) is 0 Å². The van der Waals surface area contributed by atoms with Gasteiger partial charge in [-0.1, -0.05) is 54.6 Å². The summed E-state index contributed by atoms with van der Waals surface area (Å²) in [5.41, 5.74) is 8.17. The van der Waals surface area contributed by atoms with E-state index in [0.717, 1.165) is 11.1 Å². The van der Waals surface area contributed by atoms with Crippen molar-refractivity contribution < 1.29 is 19.0 Å². The summed E-state index contributed by atoms with van der Waals surface area (Å²) in [6, 6.07) is 21.1. The first-order valence-electron chi connectivity index (χ1n) is 10.0. The second kappa shape index (κ2) is 9.51. The van der Waals surface area contributed by atoms with Crippen LogP contribution in [0.5, 0.6) is 17.2 Å². The molecule has 1 aliphatic rings. The van der Waals surface area contributed by atoms with Crippen molar-refractivity contribution in [2.24, 2.45) is 5.73 Å². The highest BCUT2D eigenvalue weighted by Gasteiger charge is 2.31. The Balaban J connectivity index is 1.66. The van der Waals surface area contributed by atoms with Gasteiger partial charge in [0.25, 0.3) is 0 Å². The van der Waals surface area contributed by atoms with Crippen LogP contribution in [0.2, 0.25) is 5.02 Å². The number of carbonyl (C=O) groups excluding carboxylic acids is 1. The van der Waals surface area contributed by atoms with E-state index in [4.69, 9.17) is 31.5 Å². The van der Waals surface area contributed by atoms with Crippen LogP contribution in [0.4, 0.5) is 0 Å². The van der Waals surface area contributed by atoms with E-state index in [9.17, 15) is 10.1 Å². The monoisotopic (exact) mass is 458 g/mol. The lowest BCUT2D eigenvalue weighted by molar-refractivity contribution is 0.0734. The topological polar surface area (TPSA) is 94.6 Å². The number of halogens is 1. The summed E-state index contributed by atoms with van der Waals surface area (Å²) in [4.78, 5) is 12.5. The minimum absolute atomic E-state index is 0.00318. The largest absolute Gasteiger partial charge is 0.490 e. The van der Waals surface area contributed by atoms with Gasteiger partial charge in [-0.3, -0.25) is 0 Å². The predicted octanol–water partition coefficient (Wildman–Crippen LogP) is 5.34. The van der Waals surface area contributed by atoms with E-state index >= 15 is 0 Å².